The SMILES string of the molecule is O=C([O-])CCCN1C(=O)/C(=C\c2ccccc2OC(F)F)SC1=S. The molecule has 2 rings (SSSR count). The number of carboxylic acid groups (broad SMARTS) is 1. The first-order valence-electron chi connectivity index (χ1n) is 6.87. The topological polar surface area (TPSA) is 69.7 Å². The van der Waals surface area contributed by atoms with Crippen molar-refractivity contribution in [2.45, 2.75) is 19.5 Å². The van der Waals surface area contributed by atoms with Crippen LogP contribution in [0.25, 0.3) is 6.08 Å². The highest BCUT2D eigenvalue weighted by molar-refractivity contribution is 8.26. The lowest BCUT2D eigenvalue weighted by atomic mass is 10.2. The molecule has 0 bridgehead atoms. The van der Waals surface area contributed by atoms with Crippen molar-refractivity contribution in [2.75, 3.05) is 6.54 Å². The highest BCUT2D eigenvalue weighted by Crippen LogP contribution is 2.34. The molecular formula is C15H12F2NO4S2-. The summed E-state index contributed by atoms with van der Waals surface area (Å²) in [5.74, 6) is -1.64. The molecule has 0 aromatic heterocycles. The van der Waals surface area contributed by atoms with E-state index in [-0.39, 0.29) is 34.4 Å². The van der Waals surface area contributed by atoms with Gasteiger partial charge in [-0.15, -0.1) is 0 Å². The molecule has 1 aromatic carbocycles. The third kappa shape index (κ3) is 4.75. The summed E-state index contributed by atoms with van der Waals surface area (Å²) < 4.78 is 29.6. The van der Waals surface area contributed by atoms with Crippen LogP contribution in [0, 0.1) is 0 Å². The number of thiocarbonyl (C=S) groups is 1. The Bertz CT molecular complexity index is 694. The van der Waals surface area contributed by atoms with Crippen molar-refractivity contribution in [3.63, 3.8) is 0 Å². The van der Waals surface area contributed by atoms with Gasteiger partial charge in [0.1, 0.15) is 10.1 Å². The van der Waals surface area contributed by atoms with Gasteiger partial charge < -0.3 is 14.6 Å². The minimum absolute atomic E-state index is 0.0466. The number of amides is 1. The highest BCUT2D eigenvalue weighted by Gasteiger charge is 2.31. The van der Waals surface area contributed by atoms with Crippen molar-refractivity contribution in [1.29, 1.82) is 0 Å². The van der Waals surface area contributed by atoms with E-state index in [0.717, 1.165) is 11.8 Å². The zero-order valence-electron chi connectivity index (χ0n) is 12.2. The molecule has 24 heavy (non-hydrogen) atoms. The van der Waals surface area contributed by atoms with Gasteiger partial charge in [-0.1, -0.05) is 42.2 Å². The molecule has 1 saturated heterocycles. The molecule has 0 radical (unpaired) electrons. The van der Waals surface area contributed by atoms with Crippen LogP contribution in [0.2, 0.25) is 0 Å². The van der Waals surface area contributed by atoms with Crippen LogP contribution in [-0.4, -0.2) is 34.3 Å². The number of rotatable bonds is 7. The number of nitrogens with zero attached hydrogens (tertiary/aromatic N) is 1. The van der Waals surface area contributed by atoms with Gasteiger partial charge in [0.15, 0.2) is 0 Å². The quantitative estimate of drug-likeness (QED) is 0.539. The number of carboxylic acids is 1. The summed E-state index contributed by atoms with van der Waals surface area (Å²) in [7, 11) is 0. The van der Waals surface area contributed by atoms with Crippen LogP contribution in [0.15, 0.2) is 29.2 Å². The number of carbonyl (C=O) groups excluding carboxylic acids is 2. The highest BCUT2D eigenvalue weighted by atomic mass is 32.2. The molecule has 0 unspecified atom stereocenters. The Kier molecular flexibility index (Phi) is 6.27. The van der Waals surface area contributed by atoms with E-state index >= 15 is 0 Å². The third-order valence-corrected chi connectivity index (χ3v) is 4.44. The number of carbonyl (C=O) groups is 2. The molecular weight excluding hydrogens is 360 g/mol. The van der Waals surface area contributed by atoms with E-state index in [1.807, 2.05) is 0 Å². The number of hydrogen-bond acceptors (Lipinski definition) is 6. The van der Waals surface area contributed by atoms with E-state index in [1.54, 1.807) is 18.2 Å². The van der Waals surface area contributed by atoms with Gasteiger partial charge >= 0.3 is 6.61 Å². The van der Waals surface area contributed by atoms with E-state index in [9.17, 15) is 23.5 Å². The minimum atomic E-state index is -2.97. The molecule has 128 valence electrons. The van der Waals surface area contributed by atoms with Crippen LogP contribution >= 0.6 is 24.0 Å². The number of para-hydroxylation sites is 1. The maximum absolute atomic E-state index is 12.4. The first-order chi connectivity index (χ1) is 11.4. The Morgan fingerprint density at radius 3 is 2.79 bits per heavy atom. The molecule has 1 aliphatic heterocycles. The average Bonchev–Trinajstić information content (AvgIpc) is 2.76. The number of benzene rings is 1. The van der Waals surface area contributed by atoms with E-state index in [2.05, 4.69) is 4.74 Å². The van der Waals surface area contributed by atoms with Gasteiger partial charge in [0.2, 0.25) is 0 Å². The smallest absolute Gasteiger partial charge is 0.387 e. The second-order valence-corrected chi connectivity index (χ2v) is 6.40. The van der Waals surface area contributed by atoms with Crippen LogP contribution in [0.1, 0.15) is 18.4 Å². The summed E-state index contributed by atoms with van der Waals surface area (Å²) in [4.78, 5) is 24.3. The number of alkyl halides is 2. The summed E-state index contributed by atoms with van der Waals surface area (Å²) >= 11 is 6.13. The van der Waals surface area contributed by atoms with Crippen molar-refractivity contribution >= 4 is 46.3 Å². The zero-order valence-corrected chi connectivity index (χ0v) is 13.9. The second-order valence-electron chi connectivity index (χ2n) is 4.73. The molecule has 0 atom stereocenters. The molecule has 1 heterocycles. The molecule has 0 saturated carbocycles. The summed E-state index contributed by atoms with van der Waals surface area (Å²) in [5.41, 5.74) is 0.327. The molecule has 1 aliphatic rings. The van der Waals surface area contributed by atoms with Crippen LogP contribution < -0.4 is 9.84 Å². The number of aliphatic carboxylic acids is 1. The van der Waals surface area contributed by atoms with Crippen molar-refractivity contribution in [3.8, 4) is 5.75 Å². The number of thioether (sulfide) groups is 1. The molecule has 1 amide bonds. The molecule has 1 fully saturated rings. The van der Waals surface area contributed by atoms with Crippen LogP contribution in [0.4, 0.5) is 8.78 Å². The van der Waals surface area contributed by atoms with Gasteiger partial charge in [0, 0.05) is 18.1 Å². The molecule has 0 N–H and O–H groups in total. The predicted octanol–water partition coefficient (Wildman–Crippen LogP) is 2.02. The van der Waals surface area contributed by atoms with Crippen molar-refractivity contribution < 1.29 is 28.2 Å². The lowest BCUT2D eigenvalue weighted by molar-refractivity contribution is -0.305. The Morgan fingerprint density at radius 1 is 1.42 bits per heavy atom. The summed E-state index contributed by atoms with van der Waals surface area (Å²) in [6.07, 6.45) is 1.46. The van der Waals surface area contributed by atoms with Crippen molar-refractivity contribution in [2.24, 2.45) is 0 Å². The van der Waals surface area contributed by atoms with Crippen molar-refractivity contribution in [1.82, 2.24) is 4.90 Å². The standard InChI is InChI=1S/C15H13F2NO4S2/c16-14(17)22-10-5-2-1-4-9(10)8-11-13(21)18(15(23)24-11)7-3-6-12(19)20/h1-2,4-5,8,14H,3,6-7H2,(H,19,20)/p-1/b11-8+. The summed E-state index contributed by atoms with van der Waals surface area (Å²) in [6, 6.07) is 6.09. The Balaban J connectivity index is 2.15. The van der Waals surface area contributed by atoms with Gasteiger partial charge in [-0.25, -0.2) is 0 Å². The Morgan fingerprint density at radius 2 is 2.12 bits per heavy atom. The summed E-state index contributed by atoms with van der Waals surface area (Å²) in [6.45, 7) is -2.82. The third-order valence-electron chi connectivity index (χ3n) is 3.06. The van der Waals surface area contributed by atoms with Crippen LogP contribution in [0.5, 0.6) is 5.75 Å². The van der Waals surface area contributed by atoms with E-state index < -0.39 is 18.5 Å². The van der Waals surface area contributed by atoms with Gasteiger partial charge in [-0.05, 0) is 25.0 Å². The molecule has 9 heteroatoms. The first kappa shape index (κ1) is 18.3. The molecule has 5 nitrogen and oxygen atoms in total. The van der Waals surface area contributed by atoms with E-state index in [1.165, 1.54) is 17.0 Å². The van der Waals surface area contributed by atoms with Gasteiger partial charge in [0.05, 0.1) is 4.91 Å². The molecule has 0 aliphatic carbocycles. The normalized spacial score (nSPS) is 16.3. The average molecular weight is 372 g/mol. The lowest BCUT2D eigenvalue weighted by Gasteiger charge is -2.14. The maximum atomic E-state index is 12.4. The van der Waals surface area contributed by atoms with Crippen LogP contribution in [-0.2, 0) is 9.59 Å². The zero-order chi connectivity index (χ0) is 17.7. The molecule has 1 aromatic rings. The second kappa shape index (κ2) is 8.20. The fourth-order valence-corrected chi connectivity index (χ4v) is 3.32. The Labute approximate surface area is 146 Å². The van der Waals surface area contributed by atoms with E-state index in [4.69, 9.17) is 12.2 Å². The largest absolute Gasteiger partial charge is 0.550 e. The molecule has 0 spiro atoms. The monoisotopic (exact) mass is 372 g/mol. The van der Waals surface area contributed by atoms with E-state index in [0.29, 0.717) is 5.56 Å². The van der Waals surface area contributed by atoms with Gasteiger partial charge in [-0.2, -0.15) is 8.78 Å². The lowest BCUT2D eigenvalue weighted by Crippen LogP contribution is -2.30. The number of halogens is 2. The number of hydrogen-bond donors (Lipinski definition) is 0. The summed E-state index contributed by atoms with van der Waals surface area (Å²) in [5, 5.41) is 10.4. The predicted molar refractivity (Wildman–Crippen MR) is 87.2 cm³/mol. The minimum Gasteiger partial charge on any atom is -0.550 e. The maximum Gasteiger partial charge on any atom is 0.387 e. The van der Waals surface area contributed by atoms with Gasteiger partial charge in [-0.3, -0.25) is 9.69 Å². The fraction of sp³-hybridized carbons (Fsp3) is 0.267. The fourth-order valence-electron chi connectivity index (χ4n) is 2.02. The number of ether oxygens (including phenoxy) is 1. The van der Waals surface area contributed by atoms with Crippen LogP contribution in [0.3, 0.4) is 0 Å². The first-order valence-corrected chi connectivity index (χ1v) is 8.10. The van der Waals surface area contributed by atoms with Crippen molar-refractivity contribution in [3.05, 3.63) is 34.7 Å². The Hall–Kier alpha value is -2.00. The van der Waals surface area contributed by atoms with Gasteiger partial charge in [0.25, 0.3) is 5.91 Å².